The van der Waals surface area contributed by atoms with Crippen LogP contribution in [0.1, 0.15) is 38.1 Å². The maximum atomic E-state index is 13.5. The van der Waals surface area contributed by atoms with Crippen molar-refractivity contribution in [1.29, 1.82) is 0 Å². The Balaban J connectivity index is 2.00. The largest absolute Gasteiger partial charge is 0.491 e. The molecule has 7 nitrogen and oxygen atoms in total. The second-order valence-electron chi connectivity index (χ2n) is 7.53. The first kappa shape index (κ1) is 21.7. The van der Waals surface area contributed by atoms with E-state index in [0.29, 0.717) is 37.6 Å². The predicted molar refractivity (Wildman–Crippen MR) is 122 cm³/mol. The van der Waals surface area contributed by atoms with E-state index in [4.69, 9.17) is 9.47 Å². The van der Waals surface area contributed by atoms with Crippen LogP contribution in [0.5, 0.6) is 5.75 Å². The highest BCUT2D eigenvalue weighted by Crippen LogP contribution is 2.36. The zero-order chi connectivity index (χ0) is 22.8. The molecule has 0 fully saturated rings. The minimum atomic E-state index is -0.723. The van der Waals surface area contributed by atoms with Crippen molar-refractivity contribution >= 4 is 23.4 Å². The molecule has 1 aliphatic heterocycles. The number of carbonyl (C=O) groups excluding carboxylic acids is 1. The van der Waals surface area contributed by atoms with Crippen LogP contribution in [0.15, 0.2) is 69.7 Å². The molecule has 0 aliphatic carbocycles. The van der Waals surface area contributed by atoms with Gasteiger partial charge in [0.15, 0.2) is 4.80 Å². The van der Waals surface area contributed by atoms with Crippen LogP contribution in [0.4, 0.5) is 0 Å². The van der Waals surface area contributed by atoms with Crippen molar-refractivity contribution in [1.82, 2.24) is 9.55 Å². The molecule has 1 aromatic carbocycles. The van der Waals surface area contributed by atoms with Crippen molar-refractivity contribution in [2.45, 2.75) is 32.9 Å². The summed E-state index contributed by atoms with van der Waals surface area (Å²) in [6, 6.07) is 12.2. The Hall–Kier alpha value is -3.52. The highest BCUT2D eigenvalue weighted by Gasteiger charge is 2.34. The highest BCUT2D eigenvalue weighted by atomic mass is 32.1. The van der Waals surface area contributed by atoms with E-state index >= 15 is 0 Å². The number of rotatable bonds is 5. The lowest BCUT2D eigenvalue weighted by molar-refractivity contribution is -0.136. The van der Waals surface area contributed by atoms with Crippen molar-refractivity contribution in [2.75, 3.05) is 7.11 Å². The van der Waals surface area contributed by atoms with E-state index in [-0.39, 0.29) is 11.7 Å². The topological polar surface area (TPSA) is 82.8 Å². The van der Waals surface area contributed by atoms with Gasteiger partial charge in [0.05, 0.1) is 34.7 Å². The van der Waals surface area contributed by atoms with Gasteiger partial charge in [0.1, 0.15) is 11.8 Å². The maximum Gasteiger partial charge on any atom is 0.338 e. The number of nitrogens with zero attached hydrogens (tertiary/aromatic N) is 3. The number of hydrogen-bond donors (Lipinski definition) is 0. The molecule has 0 amide bonds. The van der Waals surface area contributed by atoms with E-state index in [1.807, 2.05) is 56.3 Å². The van der Waals surface area contributed by atoms with Crippen LogP contribution in [0.25, 0.3) is 6.08 Å². The number of ether oxygens (including phenoxy) is 2. The zero-order valence-electron chi connectivity index (χ0n) is 18.2. The molecule has 8 heteroatoms. The number of fused-ring (bicyclic) bond motifs is 1. The molecular formula is C24H23N3O4S. The van der Waals surface area contributed by atoms with Gasteiger partial charge in [0, 0.05) is 11.8 Å². The van der Waals surface area contributed by atoms with Crippen LogP contribution < -0.4 is 19.6 Å². The number of pyridine rings is 1. The Bertz CT molecular complexity index is 1370. The molecule has 3 aromatic rings. The van der Waals surface area contributed by atoms with Crippen LogP contribution in [-0.4, -0.2) is 28.7 Å². The molecule has 0 saturated heterocycles. The minimum Gasteiger partial charge on any atom is -0.491 e. The highest BCUT2D eigenvalue weighted by molar-refractivity contribution is 7.07. The van der Waals surface area contributed by atoms with E-state index in [1.54, 1.807) is 23.8 Å². The first-order chi connectivity index (χ1) is 15.4. The lowest BCUT2D eigenvalue weighted by Gasteiger charge is -2.26. The van der Waals surface area contributed by atoms with Gasteiger partial charge in [-0.15, -0.1) is 0 Å². The molecule has 0 bridgehead atoms. The van der Waals surface area contributed by atoms with E-state index in [9.17, 15) is 9.59 Å². The molecule has 1 aliphatic rings. The summed E-state index contributed by atoms with van der Waals surface area (Å²) in [4.78, 5) is 35.7. The number of benzene rings is 1. The quantitative estimate of drug-likeness (QED) is 0.559. The summed E-state index contributed by atoms with van der Waals surface area (Å²) >= 11 is 1.26. The first-order valence-electron chi connectivity index (χ1n) is 10.2. The number of hydrogen-bond acceptors (Lipinski definition) is 7. The Morgan fingerprint density at radius 1 is 1.19 bits per heavy atom. The number of carbonyl (C=O) groups is 1. The van der Waals surface area contributed by atoms with Gasteiger partial charge in [-0.3, -0.25) is 14.3 Å². The van der Waals surface area contributed by atoms with Gasteiger partial charge in [-0.1, -0.05) is 35.6 Å². The molecule has 3 heterocycles. The van der Waals surface area contributed by atoms with Crippen molar-refractivity contribution < 1.29 is 14.3 Å². The fourth-order valence-electron chi connectivity index (χ4n) is 3.65. The lowest BCUT2D eigenvalue weighted by atomic mass is 9.95. The monoisotopic (exact) mass is 449 g/mol. The van der Waals surface area contributed by atoms with E-state index < -0.39 is 12.0 Å². The number of para-hydroxylation sites is 1. The number of esters is 1. The normalized spacial score (nSPS) is 16.0. The van der Waals surface area contributed by atoms with Crippen LogP contribution >= 0.6 is 11.3 Å². The second kappa shape index (κ2) is 8.92. The van der Waals surface area contributed by atoms with Crippen LogP contribution in [0, 0.1) is 0 Å². The van der Waals surface area contributed by atoms with Crippen molar-refractivity contribution in [2.24, 2.45) is 4.99 Å². The summed E-state index contributed by atoms with van der Waals surface area (Å²) in [7, 11) is 1.32. The summed E-state index contributed by atoms with van der Waals surface area (Å²) in [6.45, 7) is 5.61. The molecule has 0 unspecified atom stereocenters. The number of methoxy groups -OCH3 is 1. The van der Waals surface area contributed by atoms with Crippen molar-refractivity contribution in [3.63, 3.8) is 0 Å². The Labute approximate surface area is 189 Å². The smallest absolute Gasteiger partial charge is 0.338 e. The Morgan fingerprint density at radius 2 is 1.94 bits per heavy atom. The summed E-state index contributed by atoms with van der Waals surface area (Å²) < 4.78 is 13.1. The first-order valence-corrected chi connectivity index (χ1v) is 11.0. The van der Waals surface area contributed by atoms with Gasteiger partial charge >= 0.3 is 5.97 Å². The van der Waals surface area contributed by atoms with Gasteiger partial charge in [-0.2, -0.15) is 0 Å². The second-order valence-corrected chi connectivity index (χ2v) is 8.54. The third-order valence-electron chi connectivity index (χ3n) is 4.97. The molecule has 0 saturated carbocycles. The SMILES string of the molecule is COC(=O)C1=C(C)N=c2s/c(=C\c3ccccn3)c(=O)n2[C@@H]1c1ccccc1OC(C)C. The summed E-state index contributed by atoms with van der Waals surface area (Å²) in [5.41, 5.74) is 1.93. The molecule has 164 valence electrons. The predicted octanol–water partition coefficient (Wildman–Crippen LogP) is 2.59. The van der Waals surface area contributed by atoms with E-state index in [1.165, 1.54) is 18.4 Å². The minimum absolute atomic E-state index is 0.0807. The van der Waals surface area contributed by atoms with Gasteiger partial charge < -0.3 is 9.47 Å². The molecule has 0 N–H and O–H groups in total. The molecule has 32 heavy (non-hydrogen) atoms. The average molecular weight is 450 g/mol. The summed E-state index contributed by atoms with van der Waals surface area (Å²) in [6.07, 6.45) is 3.32. The zero-order valence-corrected chi connectivity index (χ0v) is 19.1. The van der Waals surface area contributed by atoms with Crippen LogP contribution in [0.2, 0.25) is 0 Å². The molecular weight excluding hydrogens is 426 g/mol. The molecule has 2 aromatic heterocycles. The number of thiazole rings is 1. The lowest BCUT2D eigenvalue weighted by Crippen LogP contribution is -2.40. The third kappa shape index (κ3) is 4.01. The Morgan fingerprint density at radius 3 is 2.62 bits per heavy atom. The van der Waals surface area contributed by atoms with E-state index in [0.717, 1.165) is 0 Å². The fraction of sp³-hybridized carbons (Fsp3) is 0.250. The molecule has 1 atom stereocenters. The molecule has 0 spiro atoms. The Kier molecular flexibility index (Phi) is 6.05. The van der Waals surface area contributed by atoms with Gasteiger partial charge in [-0.05, 0) is 45.0 Å². The van der Waals surface area contributed by atoms with Gasteiger partial charge in [0.25, 0.3) is 5.56 Å². The standard InChI is InChI=1S/C24H23N3O4S/c1-14(2)31-18-11-6-5-10-17(18)21-20(23(29)30-4)15(3)26-24-27(21)22(28)19(32-24)13-16-9-7-8-12-25-16/h5-14,21H,1-4H3/b19-13-/t21-/m1/s1. The van der Waals surface area contributed by atoms with E-state index in [2.05, 4.69) is 9.98 Å². The fourth-order valence-corrected chi connectivity index (χ4v) is 4.68. The van der Waals surface area contributed by atoms with Gasteiger partial charge in [0.2, 0.25) is 0 Å². The van der Waals surface area contributed by atoms with Crippen LogP contribution in [0.3, 0.4) is 0 Å². The van der Waals surface area contributed by atoms with Gasteiger partial charge in [-0.25, -0.2) is 9.79 Å². The summed E-state index contributed by atoms with van der Waals surface area (Å²) in [5, 5.41) is 0. The maximum absolute atomic E-state index is 13.5. The third-order valence-corrected chi connectivity index (χ3v) is 5.95. The molecule has 4 rings (SSSR count). The average Bonchev–Trinajstić information content (AvgIpc) is 3.07. The van der Waals surface area contributed by atoms with Crippen LogP contribution in [-0.2, 0) is 9.53 Å². The number of aromatic nitrogens is 2. The molecule has 0 radical (unpaired) electrons. The summed E-state index contributed by atoms with van der Waals surface area (Å²) in [5.74, 6) is 0.0671. The van der Waals surface area contributed by atoms with Crippen molar-refractivity contribution in [3.8, 4) is 5.75 Å². The number of allylic oxidation sites excluding steroid dienone is 1. The van der Waals surface area contributed by atoms with Crippen molar-refractivity contribution in [3.05, 3.63) is 90.9 Å².